The van der Waals surface area contributed by atoms with Gasteiger partial charge in [0, 0.05) is 12.4 Å². The smallest absolute Gasteiger partial charge is 1.00 e. The van der Waals surface area contributed by atoms with Crippen LogP contribution in [0.3, 0.4) is 0 Å². The molecular weight excluding hydrogens is 151 g/mol. The largest absolute Gasteiger partial charge is 1.00 e. The fraction of sp³-hybridized carbons (Fsp3) is 0. The summed E-state index contributed by atoms with van der Waals surface area (Å²) in [6.07, 6.45) is 3.19. The summed E-state index contributed by atoms with van der Waals surface area (Å²) < 4.78 is 0. The van der Waals surface area contributed by atoms with Gasteiger partial charge in [-0.25, -0.2) is 0 Å². The SMILES string of the molecule is N#Cc1ccncc1.O=CO.[H-].[Li+]. The minimum Gasteiger partial charge on any atom is -1.00 e. The maximum absolute atomic E-state index is 8.36. The van der Waals surface area contributed by atoms with Gasteiger partial charge in [-0.2, -0.15) is 5.26 Å². The first kappa shape index (κ1) is 13.3. The Kier molecular flexibility index (Phi) is 10.8. The number of aromatic nitrogens is 1. The van der Waals surface area contributed by atoms with Crippen LogP contribution in [0.2, 0.25) is 0 Å². The van der Waals surface area contributed by atoms with E-state index in [1.165, 1.54) is 0 Å². The van der Waals surface area contributed by atoms with Crippen LogP contribution in [0, 0.1) is 11.3 Å². The molecule has 1 aromatic heterocycles. The zero-order chi connectivity index (χ0) is 8.53. The van der Waals surface area contributed by atoms with Crippen LogP contribution in [0.15, 0.2) is 24.5 Å². The van der Waals surface area contributed by atoms with Gasteiger partial charge in [0.15, 0.2) is 0 Å². The first-order valence-electron chi connectivity index (χ1n) is 2.73. The predicted molar refractivity (Wildman–Crippen MR) is 38.8 cm³/mol. The van der Waals surface area contributed by atoms with Crippen LogP contribution < -0.4 is 18.9 Å². The van der Waals surface area contributed by atoms with Crippen molar-refractivity contribution in [3.63, 3.8) is 0 Å². The third-order valence-corrected chi connectivity index (χ3v) is 0.809. The van der Waals surface area contributed by atoms with Crippen molar-refractivity contribution in [1.29, 1.82) is 5.26 Å². The van der Waals surface area contributed by atoms with Crippen LogP contribution in [0.4, 0.5) is 0 Å². The topological polar surface area (TPSA) is 74.0 Å². The van der Waals surface area contributed by atoms with Crippen LogP contribution >= 0.6 is 0 Å². The number of carbonyl (C=O) groups is 1. The molecule has 1 aromatic rings. The van der Waals surface area contributed by atoms with Crippen molar-refractivity contribution in [1.82, 2.24) is 4.98 Å². The molecule has 0 atom stereocenters. The van der Waals surface area contributed by atoms with Gasteiger partial charge in [-0.3, -0.25) is 9.78 Å². The molecule has 0 aliphatic carbocycles. The molecule has 58 valence electrons. The molecule has 0 saturated carbocycles. The van der Waals surface area contributed by atoms with Crippen LogP contribution in [-0.2, 0) is 4.79 Å². The zero-order valence-corrected chi connectivity index (χ0v) is 6.64. The molecule has 1 rings (SSSR count). The molecule has 5 heteroatoms. The van der Waals surface area contributed by atoms with Gasteiger partial charge >= 0.3 is 18.9 Å². The Hall–Kier alpha value is -1.29. The van der Waals surface area contributed by atoms with E-state index >= 15 is 0 Å². The van der Waals surface area contributed by atoms with Crippen molar-refractivity contribution in [3.8, 4) is 6.07 Å². The number of hydrogen-bond acceptors (Lipinski definition) is 3. The van der Waals surface area contributed by atoms with E-state index in [4.69, 9.17) is 15.2 Å². The normalized spacial score (nSPS) is 6.25. The molecule has 12 heavy (non-hydrogen) atoms. The van der Waals surface area contributed by atoms with E-state index in [0.717, 1.165) is 0 Å². The standard InChI is InChI=1S/C6H4N2.CH2O2.Li.H/c7-5-6-1-3-8-4-2-6;2-1-3;;/h1-4H;1H,(H,2,3);;/q;;+1;-1. The molecule has 0 radical (unpaired) electrons. The molecule has 0 aliphatic rings. The number of rotatable bonds is 0. The number of hydrogen-bond donors (Lipinski definition) is 1. The zero-order valence-electron chi connectivity index (χ0n) is 7.64. The van der Waals surface area contributed by atoms with Gasteiger partial charge in [0.25, 0.3) is 6.47 Å². The second kappa shape index (κ2) is 9.71. The van der Waals surface area contributed by atoms with Gasteiger partial charge in [0.2, 0.25) is 0 Å². The second-order valence-corrected chi connectivity index (χ2v) is 1.45. The number of nitriles is 1. The summed E-state index contributed by atoms with van der Waals surface area (Å²) in [5.41, 5.74) is 0.653. The van der Waals surface area contributed by atoms with Crippen LogP contribution in [0.1, 0.15) is 6.99 Å². The number of carboxylic acid groups (broad SMARTS) is 1. The van der Waals surface area contributed by atoms with Crippen molar-refractivity contribution in [2.75, 3.05) is 0 Å². The summed E-state index contributed by atoms with van der Waals surface area (Å²) in [6, 6.07) is 5.32. The minimum atomic E-state index is -0.250. The van der Waals surface area contributed by atoms with Gasteiger partial charge in [-0.15, -0.1) is 0 Å². The van der Waals surface area contributed by atoms with Crippen molar-refractivity contribution < 1.29 is 30.2 Å². The molecule has 0 aliphatic heterocycles. The summed E-state index contributed by atoms with van der Waals surface area (Å²) in [4.78, 5) is 12.1. The first-order chi connectivity index (χ1) is 5.35. The van der Waals surface area contributed by atoms with E-state index in [1.807, 2.05) is 6.07 Å². The summed E-state index contributed by atoms with van der Waals surface area (Å²) in [7, 11) is 0. The Balaban J connectivity index is -0.000000180. The molecule has 1 N–H and O–H groups in total. The van der Waals surface area contributed by atoms with E-state index in [-0.39, 0.29) is 26.8 Å². The van der Waals surface area contributed by atoms with Crippen molar-refractivity contribution in [2.45, 2.75) is 0 Å². The molecule has 0 spiro atoms. The molecule has 1 heterocycles. The van der Waals surface area contributed by atoms with Gasteiger partial charge < -0.3 is 6.53 Å². The Morgan fingerprint density at radius 1 is 1.58 bits per heavy atom. The molecule has 0 amide bonds. The van der Waals surface area contributed by atoms with Crippen molar-refractivity contribution in [2.24, 2.45) is 0 Å². The van der Waals surface area contributed by atoms with Gasteiger partial charge in [0.1, 0.15) is 0 Å². The summed E-state index contributed by atoms with van der Waals surface area (Å²) >= 11 is 0. The quantitative estimate of drug-likeness (QED) is 0.342. The summed E-state index contributed by atoms with van der Waals surface area (Å²) in [5.74, 6) is 0. The second-order valence-electron chi connectivity index (χ2n) is 1.45. The fourth-order valence-corrected chi connectivity index (χ4v) is 0.426. The van der Waals surface area contributed by atoms with Crippen molar-refractivity contribution in [3.05, 3.63) is 30.1 Å². The molecule has 0 unspecified atom stereocenters. The number of pyridine rings is 1. The maximum atomic E-state index is 8.36. The van der Waals surface area contributed by atoms with Crippen LogP contribution in [0.25, 0.3) is 0 Å². The monoisotopic (exact) mass is 158 g/mol. The molecule has 4 nitrogen and oxygen atoms in total. The molecule has 0 bridgehead atoms. The Bertz CT molecular complexity index is 250. The minimum absolute atomic E-state index is 0. The van der Waals surface area contributed by atoms with E-state index in [2.05, 4.69) is 4.98 Å². The predicted octanol–water partition coefficient (Wildman–Crippen LogP) is -2.23. The van der Waals surface area contributed by atoms with E-state index < -0.39 is 0 Å². The van der Waals surface area contributed by atoms with Gasteiger partial charge in [-0.05, 0) is 12.1 Å². The summed E-state index contributed by atoms with van der Waals surface area (Å²) in [5, 5.41) is 15.1. The van der Waals surface area contributed by atoms with E-state index in [0.29, 0.717) is 5.56 Å². The molecular formula is C7H7LiN2O2. The molecule has 0 saturated heterocycles. The van der Waals surface area contributed by atoms with E-state index in [1.54, 1.807) is 24.5 Å². The average Bonchev–Trinajstić information content (AvgIpc) is 2.08. The first-order valence-corrected chi connectivity index (χ1v) is 2.73. The third-order valence-electron chi connectivity index (χ3n) is 0.809. The third kappa shape index (κ3) is 6.82. The summed E-state index contributed by atoms with van der Waals surface area (Å²) in [6.45, 7) is -0.250. The van der Waals surface area contributed by atoms with Gasteiger partial charge in [-0.1, -0.05) is 0 Å². The Labute approximate surface area is 83.5 Å². The van der Waals surface area contributed by atoms with Crippen molar-refractivity contribution >= 4 is 6.47 Å². The maximum Gasteiger partial charge on any atom is 1.00 e. The molecule has 0 aromatic carbocycles. The average molecular weight is 158 g/mol. The van der Waals surface area contributed by atoms with E-state index in [9.17, 15) is 0 Å². The fourth-order valence-electron chi connectivity index (χ4n) is 0.426. The van der Waals surface area contributed by atoms with Gasteiger partial charge in [0.05, 0.1) is 11.6 Å². The Morgan fingerprint density at radius 3 is 2.25 bits per heavy atom. The molecule has 0 fully saturated rings. The van der Waals surface area contributed by atoms with Crippen LogP contribution in [-0.4, -0.2) is 16.6 Å². The van der Waals surface area contributed by atoms with Crippen LogP contribution in [0.5, 0.6) is 0 Å². The number of nitrogens with zero attached hydrogens (tertiary/aromatic N) is 2. The Morgan fingerprint density at radius 2 is 2.00 bits per heavy atom.